The predicted molar refractivity (Wildman–Crippen MR) is 102 cm³/mol. The van der Waals surface area contributed by atoms with Gasteiger partial charge in [-0.05, 0) is 36.6 Å². The molecule has 2 aromatic rings. The quantitative estimate of drug-likeness (QED) is 0.782. The number of rotatable bonds is 7. The third-order valence-electron chi connectivity index (χ3n) is 5.13. The van der Waals surface area contributed by atoms with Crippen LogP contribution in [0.15, 0.2) is 36.4 Å². The van der Waals surface area contributed by atoms with Crippen LogP contribution in [0, 0.1) is 5.82 Å². The zero-order chi connectivity index (χ0) is 20.3. The molecule has 1 fully saturated rings. The summed E-state index contributed by atoms with van der Waals surface area (Å²) < 4.78 is 30.5. The Morgan fingerprint density at radius 2 is 1.89 bits per heavy atom. The van der Waals surface area contributed by atoms with Gasteiger partial charge in [0.2, 0.25) is 0 Å². The average Bonchev–Trinajstić information content (AvgIpc) is 3.17. The maximum absolute atomic E-state index is 14.5. The highest BCUT2D eigenvalue weighted by Gasteiger charge is 2.38. The standard InChI is InChI=1S/C21H24FNO5/c1-26-17-10-9-13(12-15(17)22)19(23-11-5-7-16(23)21(24)25)14-6-4-8-18(27-2)20(14)28-3/h4,6,8-10,12,16,19H,5,7,11H2,1-3H3,(H,24,25). The summed E-state index contributed by atoms with van der Waals surface area (Å²) in [5.74, 6) is -0.222. The molecule has 0 bridgehead atoms. The number of nitrogens with zero attached hydrogens (tertiary/aromatic N) is 1. The van der Waals surface area contributed by atoms with Gasteiger partial charge in [-0.2, -0.15) is 0 Å². The van der Waals surface area contributed by atoms with Gasteiger partial charge >= 0.3 is 5.97 Å². The van der Waals surface area contributed by atoms with Crippen molar-refractivity contribution in [2.24, 2.45) is 0 Å². The van der Waals surface area contributed by atoms with E-state index in [1.54, 1.807) is 25.3 Å². The molecule has 2 unspecified atom stereocenters. The van der Waals surface area contributed by atoms with E-state index in [4.69, 9.17) is 14.2 Å². The van der Waals surface area contributed by atoms with E-state index in [0.717, 1.165) is 12.0 Å². The molecule has 0 radical (unpaired) electrons. The first-order valence-corrected chi connectivity index (χ1v) is 9.04. The maximum Gasteiger partial charge on any atom is 0.320 e. The second-order valence-corrected chi connectivity index (χ2v) is 6.61. The van der Waals surface area contributed by atoms with E-state index >= 15 is 0 Å². The first kappa shape index (κ1) is 19.9. The van der Waals surface area contributed by atoms with Gasteiger partial charge in [-0.25, -0.2) is 4.39 Å². The molecule has 1 aliphatic rings. The van der Waals surface area contributed by atoms with Crippen LogP contribution in [0.4, 0.5) is 4.39 Å². The van der Waals surface area contributed by atoms with E-state index in [0.29, 0.717) is 30.0 Å². The number of carboxylic acids is 1. The van der Waals surface area contributed by atoms with Crippen molar-refractivity contribution in [3.63, 3.8) is 0 Å². The zero-order valence-electron chi connectivity index (χ0n) is 16.1. The van der Waals surface area contributed by atoms with Crippen molar-refractivity contribution in [1.29, 1.82) is 0 Å². The number of methoxy groups -OCH3 is 3. The Morgan fingerprint density at radius 1 is 1.14 bits per heavy atom. The lowest BCUT2D eigenvalue weighted by atomic mass is 9.94. The number of hydrogen-bond donors (Lipinski definition) is 1. The number of carboxylic acid groups (broad SMARTS) is 1. The third-order valence-corrected chi connectivity index (χ3v) is 5.13. The van der Waals surface area contributed by atoms with Crippen molar-refractivity contribution in [2.75, 3.05) is 27.9 Å². The number of likely N-dealkylation sites (tertiary alicyclic amines) is 1. The fourth-order valence-electron chi connectivity index (χ4n) is 3.89. The van der Waals surface area contributed by atoms with Crippen molar-refractivity contribution in [2.45, 2.75) is 24.9 Å². The number of benzene rings is 2. The minimum atomic E-state index is -0.890. The van der Waals surface area contributed by atoms with Gasteiger partial charge in [-0.1, -0.05) is 18.2 Å². The lowest BCUT2D eigenvalue weighted by Gasteiger charge is -2.33. The summed E-state index contributed by atoms with van der Waals surface area (Å²) >= 11 is 0. The van der Waals surface area contributed by atoms with Crippen molar-refractivity contribution in [3.8, 4) is 17.2 Å². The maximum atomic E-state index is 14.5. The molecule has 150 valence electrons. The van der Waals surface area contributed by atoms with Crippen molar-refractivity contribution in [3.05, 3.63) is 53.3 Å². The molecule has 3 rings (SSSR count). The van der Waals surface area contributed by atoms with Crippen LogP contribution in [-0.4, -0.2) is 49.9 Å². The third kappa shape index (κ3) is 3.62. The van der Waals surface area contributed by atoms with E-state index in [9.17, 15) is 14.3 Å². The number of ether oxygens (including phenoxy) is 3. The minimum absolute atomic E-state index is 0.135. The monoisotopic (exact) mass is 389 g/mol. The molecule has 0 saturated carbocycles. The lowest BCUT2D eigenvalue weighted by molar-refractivity contribution is -0.142. The highest BCUT2D eigenvalue weighted by atomic mass is 19.1. The molecule has 0 amide bonds. The summed E-state index contributed by atoms with van der Waals surface area (Å²) in [6.07, 6.45) is 1.29. The normalized spacial score (nSPS) is 17.9. The molecule has 0 aliphatic carbocycles. The number of halogens is 1. The van der Waals surface area contributed by atoms with Crippen LogP contribution in [0.2, 0.25) is 0 Å². The van der Waals surface area contributed by atoms with Gasteiger partial charge in [-0.3, -0.25) is 9.69 Å². The molecule has 1 heterocycles. The Balaban J connectivity index is 2.18. The van der Waals surface area contributed by atoms with E-state index in [1.165, 1.54) is 20.3 Å². The topological polar surface area (TPSA) is 68.2 Å². The molecule has 28 heavy (non-hydrogen) atoms. The second kappa shape index (κ2) is 8.48. The smallest absolute Gasteiger partial charge is 0.320 e. The van der Waals surface area contributed by atoms with E-state index in [1.807, 2.05) is 17.0 Å². The van der Waals surface area contributed by atoms with Crippen molar-refractivity contribution < 1.29 is 28.5 Å². The fourth-order valence-corrected chi connectivity index (χ4v) is 3.89. The predicted octanol–water partition coefficient (Wildman–Crippen LogP) is 3.49. The SMILES string of the molecule is COc1ccc(C(c2cccc(OC)c2OC)N2CCCC2C(=O)O)cc1F. The Morgan fingerprint density at radius 3 is 2.50 bits per heavy atom. The van der Waals surface area contributed by atoms with Gasteiger partial charge in [0, 0.05) is 12.1 Å². The molecule has 0 spiro atoms. The van der Waals surface area contributed by atoms with Gasteiger partial charge in [0.15, 0.2) is 23.1 Å². The van der Waals surface area contributed by atoms with Crippen LogP contribution in [0.1, 0.15) is 30.0 Å². The summed E-state index contributed by atoms with van der Waals surface area (Å²) in [6.45, 7) is 0.579. The van der Waals surface area contributed by atoms with E-state index in [-0.39, 0.29) is 5.75 Å². The second-order valence-electron chi connectivity index (χ2n) is 6.61. The number of carbonyl (C=O) groups is 1. The zero-order valence-corrected chi connectivity index (χ0v) is 16.1. The van der Waals surface area contributed by atoms with Gasteiger partial charge in [0.05, 0.1) is 27.4 Å². The van der Waals surface area contributed by atoms with Gasteiger partial charge in [0.25, 0.3) is 0 Å². The van der Waals surface area contributed by atoms with Crippen LogP contribution in [0.3, 0.4) is 0 Å². The summed E-state index contributed by atoms with van der Waals surface area (Å²) in [5, 5.41) is 9.70. The summed E-state index contributed by atoms with van der Waals surface area (Å²) in [7, 11) is 4.48. The molecule has 2 atom stereocenters. The van der Waals surface area contributed by atoms with Gasteiger partial charge in [0.1, 0.15) is 6.04 Å². The number of hydrogen-bond acceptors (Lipinski definition) is 5. The number of para-hydroxylation sites is 1. The Labute approximate surface area is 163 Å². The van der Waals surface area contributed by atoms with Crippen LogP contribution < -0.4 is 14.2 Å². The molecule has 7 heteroatoms. The van der Waals surface area contributed by atoms with Crippen LogP contribution in [0.25, 0.3) is 0 Å². The van der Waals surface area contributed by atoms with Crippen molar-refractivity contribution in [1.82, 2.24) is 4.90 Å². The first-order valence-electron chi connectivity index (χ1n) is 9.04. The molecule has 0 aromatic heterocycles. The number of aliphatic carboxylic acids is 1. The van der Waals surface area contributed by atoms with Crippen LogP contribution >= 0.6 is 0 Å². The fraction of sp³-hybridized carbons (Fsp3) is 0.381. The molecule has 1 saturated heterocycles. The van der Waals surface area contributed by atoms with Crippen LogP contribution in [0.5, 0.6) is 17.2 Å². The van der Waals surface area contributed by atoms with Crippen molar-refractivity contribution >= 4 is 5.97 Å². The Kier molecular flexibility index (Phi) is 6.04. The summed E-state index contributed by atoms with van der Waals surface area (Å²) in [6, 6.07) is 8.96. The highest BCUT2D eigenvalue weighted by Crippen LogP contribution is 2.43. The molecular formula is C21H24FNO5. The first-order chi connectivity index (χ1) is 13.5. The largest absolute Gasteiger partial charge is 0.494 e. The van der Waals surface area contributed by atoms with E-state index < -0.39 is 23.9 Å². The average molecular weight is 389 g/mol. The molecular weight excluding hydrogens is 365 g/mol. The van der Waals surface area contributed by atoms with Crippen LogP contribution in [-0.2, 0) is 4.79 Å². The Bertz CT molecular complexity index is 857. The molecule has 6 nitrogen and oxygen atoms in total. The van der Waals surface area contributed by atoms with E-state index in [2.05, 4.69) is 0 Å². The molecule has 1 aliphatic heterocycles. The molecule has 1 N–H and O–H groups in total. The lowest BCUT2D eigenvalue weighted by Crippen LogP contribution is -2.39. The Hall–Kier alpha value is -2.80. The summed E-state index contributed by atoms with van der Waals surface area (Å²) in [5.41, 5.74) is 1.34. The van der Waals surface area contributed by atoms with Gasteiger partial charge < -0.3 is 19.3 Å². The minimum Gasteiger partial charge on any atom is -0.494 e. The highest BCUT2D eigenvalue weighted by molar-refractivity contribution is 5.74. The molecule has 2 aromatic carbocycles. The van der Waals surface area contributed by atoms with Gasteiger partial charge in [-0.15, -0.1) is 0 Å². The summed E-state index contributed by atoms with van der Waals surface area (Å²) in [4.78, 5) is 13.7.